The van der Waals surface area contributed by atoms with Crippen LogP contribution >= 0.6 is 11.6 Å². The third-order valence-corrected chi connectivity index (χ3v) is 4.79. The van der Waals surface area contributed by atoms with Crippen LogP contribution in [-0.2, 0) is 9.59 Å². The number of nitrogens with one attached hydrogen (secondary N) is 2. The van der Waals surface area contributed by atoms with Crippen LogP contribution in [0.25, 0.3) is 5.69 Å². The van der Waals surface area contributed by atoms with Crippen molar-refractivity contribution in [2.24, 2.45) is 5.10 Å². The summed E-state index contributed by atoms with van der Waals surface area (Å²) in [6.07, 6.45) is 1.52. The van der Waals surface area contributed by atoms with Crippen molar-refractivity contribution in [3.8, 4) is 5.69 Å². The van der Waals surface area contributed by atoms with Gasteiger partial charge in [0.1, 0.15) is 0 Å². The number of benzene rings is 2. The maximum absolute atomic E-state index is 12.0. The number of rotatable bonds is 4. The number of nitrogens with zero attached hydrogens (tertiary/aromatic N) is 2. The molecule has 0 aliphatic heterocycles. The molecule has 29 heavy (non-hydrogen) atoms. The summed E-state index contributed by atoms with van der Waals surface area (Å²) < 4.78 is 2.10. The van der Waals surface area contributed by atoms with Crippen LogP contribution in [0.3, 0.4) is 0 Å². The molecule has 0 atom stereocenters. The Morgan fingerprint density at radius 3 is 2.38 bits per heavy atom. The highest BCUT2D eigenvalue weighted by Gasteiger charge is 2.14. The topological polar surface area (TPSA) is 75.5 Å². The van der Waals surface area contributed by atoms with Crippen molar-refractivity contribution in [3.63, 3.8) is 0 Å². The first-order valence-corrected chi connectivity index (χ1v) is 9.39. The molecule has 0 fully saturated rings. The third-order valence-electron chi connectivity index (χ3n) is 4.46. The van der Waals surface area contributed by atoms with E-state index < -0.39 is 11.8 Å². The van der Waals surface area contributed by atoms with E-state index in [0.29, 0.717) is 10.7 Å². The number of hydrogen-bond donors (Lipinski definition) is 2. The number of aromatic nitrogens is 1. The molecule has 0 aliphatic rings. The lowest BCUT2D eigenvalue weighted by atomic mass is 10.2. The second kappa shape index (κ2) is 8.75. The first-order chi connectivity index (χ1) is 13.9. The van der Waals surface area contributed by atoms with Gasteiger partial charge in [-0.2, -0.15) is 5.10 Å². The lowest BCUT2D eigenvalue weighted by Crippen LogP contribution is -2.32. The highest BCUT2D eigenvalue weighted by Crippen LogP contribution is 2.21. The average molecular weight is 409 g/mol. The van der Waals surface area contributed by atoms with Crippen LogP contribution in [0.1, 0.15) is 22.5 Å². The number of carbonyl (C=O) groups excluding carboxylic acids is 2. The fourth-order valence-corrected chi connectivity index (χ4v) is 3.15. The van der Waals surface area contributed by atoms with Crippen molar-refractivity contribution in [2.45, 2.75) is 20.8 Å². The monoisotopic (exact) mass is 408 g/mol. The molecule has 0 saturated carbocycles. The van der Waals surface area contributed by atoms with E-state index in [1.54, 1.807) is 24.3 Å². The molecule has 0 aliphatic carbocycles. The fraction of sp³-hybridized carbons (Fsp3) is 0.136. The molecule has 0 unspecified atom stereocenters. The van der Waals surface area contributed by atoms with Crippen molar-refractivity contribution in [1.29, 1.82) is 0 Å². The van der Waals surface area contributed by atoms with E-state index in [-0.39, 0.29) is 0 Å². The van der Waals surface area contributed by atoms with Crippen LogP contribution in [-0.4, -0.2) is 22.6 Å². The number of hydrogen-bond acceptors (Lipinski definition) is 3. The summed E-state index contributed by atoms with van der Waals surface area (Å²) in [7, 11) is 0. The predicted molar refractivity (Wildman–Crippen MR) is 116 cm³/mol. The van der Waals surface area contributed by atoms with E-state index in [1.165, 1.54) is 11.8 Å². The zero-order valence-corrected chi connectivity index (χ0v) is 17.1. The van der Waals surface area contributed by atoms with Gasteiger partial charge in [-0.05, 0) is 51.1 Å². The van der Waals surface area contributed by atoms with Gasteiger partial charge >= 0.3 is 11.8 Å². The Labute approximate surface area is 174 Å². The van der Waals surface area contributed by atoms with E-state index in [2.05, 4.69) is 44.7 Å². The SMILES string of the molecule is Cc1ccc(-n2c(C)cc(/C=N\NC(=O)C(=O)Nc3ccccc3Cl)c2C)cc1. The molecule has 2 aromatic carbocycles. The van der Waals surface area contributed by atoms with Gasteiger partial charge in [-0.1, -0.05) is 41.4 Å². The molecular formula is C22H21ClN4O2. The lowest BCUT2D eigenvalue weighted by molar-refractivity contribution is -0.136. The molecule has 1 heterocycles. The quantitative estimate of drug-likeness (QED) is 0.386. The Balaban J connectivity index is 1.68. The van der Waals surface area contributed by atoms with Crippen LogP contribution in [0.2, 0.25) is 5.02 Å². The highest BCUT2D eigenvalue weighted by molar-refractivity contribution is 6.41. The van der Waals surface area contributed by atoms with E-state index in [1.807, 2.05) is 26.8 Å². The summed E-state index contributed by atoms with van der Waals surface area (Å²) in [5.74, 6) is -1.73. The van der Waals surface area contributed by atoms with Gasteiger partial charge in [-0.3, -0.25) is 9.59 Å². The lowest BCUT2D eigenvalue weighted by Gasteiger charge is -2.09. The molecule has 2 N–H and O–H groups in total. The summed E-state index contributed by atoms with van der Waals surface area (Å²) in [5.41, 5.74) is 7.70. The Morgan fingerprint density at radius 1 is 1.00 bits per heavy atom. The van der Waals surface area contributed by atoms with Crippen molar-refractivity contribution >= 4 is 35.3 Å². The molecule has 148 valence electrons. The minimum atomic E-state index is -0.881. The van der Waals surface area contributed by atoms with Gasteiger partial charge in [0.2, 0.25) is 0 Å². The molecule has 7 heteroatoms. The fourth-order valence-electron chi connectivity index (χ4n) is 2.96. The van der Waals surface area contributed by atoms with Gasteiger partial charge in [-0.15, -0.1) is 0 Å². The number of anilines is 1. The van der Waals surface area contributed by atoms with Gasteiger partial charge in [0.05, 0.1) is 16.9 Å². The minimum Gasteiger partial charge on any atom is -0.318 e. The number of halogens is 1. The summed E-state index contributed by atoms with van der Waals surface area (Å²) >= 11 is 5.97. The number of para-hydroxylation sites is 1. The Morgan fingerprint density at radius 2 is 1.69 bits per heavy atom. The van der Waals surface area contributed by atoms with Crippen LogP contribution in [0.4, 0.5) is 5.69 Å². The number of amides is 2. The predicted octanol–water partition coefficient (Wildman–Crippen LogP) is 4.14. The van der Waals surface area contributed by atoms with Crippen LogP contribution in [0.5, 0.6) is 0 Å². The van der Waals surface area contributed by atoms with Crippen LogP contribution in [0.15, 0.2) is 59.7 Å². The van der Waals surface area contributed by atoms with Crippen LogP contribution < -0.4 is 10.7 Å². The van der Waals surface area contributed by atoms with Crippen LogP contribution in [0, 0.1) is 20.8 Å². The zero-order valence-electron chi connectivity index (χ0n) is 16.4. The van der Waals surface area contributed by atoms with Gasteiger partial charge in [-0.25, -0.2) is 5.43 Å². The molecule has 0 saturated heterocycles. The summed E-state index contributed by atoms with van der Waals surface area (Å²) in [6.45, 7) is 6.02. The third kappa shape index (κ3) is 4.73. The Hall–Kier alpha value is -3.38. The van der Waals surface area contributed by atoms with E-state index in [4.69, 9.17) is 11.6 Å². The Kier molecular flexibility index (Phi) is 6.14. The van der Waals surface area contributed by atoms with E-state index in [0.717, 1.165) is 22.6 Å². The standard InChI is InChI=1S/C22H21ClN4O2/c1-14-8-10-18(11-9-14)27-15(2)12-17(16(27)3)13-24-26-22(29)21(28)25-20-7-5-4-6-19(20)23/h4-13H,1-3H3,(H,25,28)(H,26,29)/b24-13-. The smallest absolute Gasteiger partial charge is 0.318 e. The van der Waals surface area contributed by atoms with E-state index in [9.17, 15) is 9.59 Å². The zero-order chi connectivity index (χ0) is 21.0. The highest BCUT2D eigenvalue weighted by atomic mass is 35.5. The van der Waals surface area contributed by atoms with Crippen molar-refractivity contribution < 1.29 is 9.59 Å². The Bertz CT molecular complexity index is 1080. The second-order valence-electron chi connectivity index (χ2n) is 6.63. The van der Waals surface area contributed by atoms with Gasteiger partial charge in [0, 0.05) is 22.6 Å². The first-order valence-electron chi connectivity index (χ1n) is 9.01. The second-order valence-corrected chi connectivity index (χ2v) is 7.04. The summed E-state index contributed by atoms with van der Waals surface area (Å²) in [6, 6.07) is 16.9. The van der Waals surface area contributed by atoms with Gasteiger partial charge < -0.3 is 9.88 Å². The molecular weight excluding hydrogens is 388 g/mol. The maximum Gasteiger partial charge on any atom is 0.329 e. The molecule has 0 radical (unpaired) electrons. The molecule has 3 aromatic rings. The number of aryl methyl sites for hydroxylation is 2. The molecule has 1 aromatic heterocycles. The molecule has 0 bridgehead atoms. The van der Waals surface area contributed by atoms with Gasteiger partial charge in [0.25, 0.3) is 0 Å². The summed E-state index contributed by atoms with van der Waals surface area (Å²) in [4.78, 5) is 24.0. The summed E-state index contributed by atoms with van der Waals surface area (Å²) in [5, 5.41) is 6.71. The van der Waals surface area contributed by atoms with Crippen molar-refractivity contribution in [1.82, 2.24) is 9.99 Å². The molecule has 0 spiro atoms. The molecule has 3 rings (SSSR count). The molecule has 2 amide bonds. The number of carbonyl (C=O) groups is 2. The first kappa shape index (κ1) is 20.4. The largest absolute Gasteiger partial charge is 0.329 e. The average Bonchev–Trinajstić information content (AvgIpc) is 2.97. The maximum atomic E-state index is 12.0. The molecule has 6 nitrogen and oxygen atoms in total. The van der Waals surface area contributed by atoms with Crippen molar-refractivity contribution in [3.05, 3.63) is 82.1 Å². The normalized spacial score (nSPS) is 10.9. The van der Waals surface area contributed by atoms with E-state index >= 15 is 0 Å². The number of hydrazone groups is 1. The minimum absolute atomic E-state index is 0.348. The van der Waals surface area contributed by atoms with Gasteiger partial charge in [0.15, 0.2) is 0 Å². The van der Waals surface area contributed by atoms with Crippen molar-refractivity contribution in [2.75, 3.05) is 5.32 Å².